The highest BCUT2D eigenvalue weighted by Gasteiger charge is 2.14. The number of hydrogen-bond donors (Lipinski definition) is 1. The molecule has 0 fully saturated rings. The Balaban J connectivity index is 2.33. The highest BCUT2D eigenvalue weighted by atomic mass is 35.5. The Morgan fingerprint density at radius 3 is 2.94 bits per heavy atom. The number of rotatable bonds is 3. The first-order valence-electron chi connectivity index (χ1n) is 4.97. The number of fused-ring (bicyclic) bond motifs is 1. The molecule has 1 N–H and O–H groups in total. The smallest absolute Gasteiger partial charge is 0.270 e. The summed E-state index contributed by atoms with van der Waals surface area (Å²) in [6, 6.07) is 4.34. The Morgan fingerprint density at radius 1 is 1.61 bits per heavy atom. The van der Waals surface area contributed by atoms with Gasteiger partial charge in [-0.05, 0) is 13.0 Å². The van der Waals surface area contributed by atoms with E-state index in [-0.39, 0.29) is 11.6 Å². The molecule has 2 rings (SSSR count). The van der Waals surface area contributed by atoms with Crippen LogP contribution in [0.2, 0.25) is 0 Å². The summed E-state index contributed by atoms with van der Waals surface area (Å²) in [5.74, 6) is -0.356. The SMILES string of the molecule is C[C@H](Cl)C(=O)Nc1nc2ccc([N+](=O)[O-])cc2s1. The second-order valence-electron chi connectivity index (χ2n) is 3.53. The van der Waals surface area contributed by atoms with E-state index in [9.17, 15) is 14.9 Å². The van der Waals surface area contributed by atoms with Gasteiger partial charge in [0.05, 0.1) is 15.1 Å². The first-order valence-corrected chi connectivity index (χ1v) is 6.22. The van der Waals surface area contributed by atoms with Gasteiger partial charge in [-0.1, -0.05) is 11.3 Å². The molecule has 0 aliphatic rings. The highest BCUT2D eigenvalue weighted by Crippen LogP contribution is 2.29. The summed E-state index contributed by atoms with van der Waals surface area (Å²) in [5, 5.41) is 12.9. The van der Waals surface area contributed by atoms with Crippen molar-refractivity contribution in [3.8, 4) is 0 Å². The minimum Gasteiger partial charge on any atom is -0.301 e. The number of non-ortho nitro benzene ring substituents is 1. The largest absolute Gasteiger partial charge is 0.301 e. The third-order valence-corrected chi connectivity index (χ3v) is 3.31. The fourth-order valence-corrected chi connectivity index (χ4v) is 2.24. The number of nitro groups is 1. The lowest BCUT2D eigenvalue weighted by Gasteiger charge is -2.01. The summed E-state index contributed by atoms with van der Waals surface area (Å²) < 4.78 is 0.640. The number of nitrogens with zero attached hydrogens (tertiary/aromatic N) is 2. The molecule has 1 amide bonds. The Labute approximate surface area is 111 Å². The van der Waals surface area contributed by atoms with Crippen LogP contribution in [0.3, 0.4) is 0 Å². The Hall–Kier alpha value is -1.73. The normalized spacial score (nSPS) is 12.3. The number of aromatic nitrogens is 1. The predicted molar refractivity (Wildman–Crippen MR) is 70.2 cm³/mol. The molecule has 0 aliphatic heterocycles. The topological polar surface area (TPSA) is 85.1 Å². The van der Waals surface area contributed by atoms with Crippen molar-refractivity contribution in [2.75, 3.05) is 5.32 Å². The van der Waals surface area contributed by atoms with Crippen LogP contribution >= 0.6 is 22.9 Å². The molecule has 0 bridgehead atoms. The van der Waals surface area contributed by atoms with Crippen LogP contribution in [-0.2, 0) is 4.79 Å². The third-order valence-electron chi connectivity index (χ3n) is 2.17. The molecule has 6 nitrogen and oxygen atoms in total. The number of benzene rings is 1. The lowest BCUT2D eigenvalue weighted by molar-refractivity contribution is -0.384. The minimum atomic E-state index is -0.661. The zero-order chi connectivity index (χ0) is 13.3. The van der Waals surface area contributed by atoms with Crippen molar-refractivity contribution in [2.45, 2.75) is 12.3 Å². The molecule has 8 heteroatoms. The second kappa shape index (κ2) is 4.87. The van der Waals surface area contributed by atoms with E-state index < -0.39 is 10.3 Å². The zero-order valence-corrected chi connectivity index (χ0v) is 10.8. The maximum Gasteiger partial charge on any atom is 0.270 e. The third kappa shape index (κ3) is 2.57. The number of nitrogens with one attached hydrogen (secondary N) is 1. The zero-order valence-electron chi connectivity index (χ0n) is 9.21. The summed E-state index contributed by atoms with van der Waals surface area (Å²) in [5.41, 5.74) is 0.595. The van der Waals surface area contributed by atoms with Crippen molar-refractivity contribution >= 4 is 49.9 Å². The summed E-state index contributed by atoms with van der Waals surface area (Å²) in [6.07, 6.45) is 0. The first kappa shape index (κ1) is 12.7. The number of hydrogen-bond acceptors (Lipinski definition) is 5. The number of anilines is 1. The number of nitro benzene ring substituents is 1. The van der Waals surface area contributed by atoms with Gasteiger partial charge in [-0.15, -0.1) is 11.6 Å². The number of amides is 1. The maximum absolute atomic E-state index is 11.4. The fourth-order valence-electron chi connectivity index (χ4n) is 1.29. The Kier molecular flexibility index (Phi) is 3.44. The van der Waals surface area contributed by atoms with Crippen LogP contribution in [0, 0.1) is 10.1 Å². The molecule has 0 spiro atoms. The van der Waals surface area contributed by atoms with Crippen LogP contribution in [0.25, 0.3) is 10.2 Å². The molecule has 1 aromatic heterocycles. The molecular weight excluding hydrogens is 278 g/mol. The van der Waals surface area contributed by atoms with E-state index in [0.29, 0.717) is 15.3 Å². The molecule has 2 aromatic rings. The molecular formula is C10H8ClN3O3S. The average molecular weight is 286 g/mol. The van der Waals surface area contributed by atoms with Gasteiger partial charge in [0.15, 0.2) is 5.13 Å². The van der Waals surface area contributed by atoms with Crippen molar-refractivity contribution in [3.05, 3.63) is 28.3 Å². The van der Waals surface area contributed by atoms with E-state index >= 15 is 0 Å². The summed E-state index contributed by atoms with van der Waals surface area (Å²) >= 11 is 6.79. The van der Waals surface area contributed by atoms with Crippen LogP contribution in [0.15, 0.2) is 18.2 Å². The number of carbonyl (C=O) groups is 1. The molecule has 0 radical (unpaired) electrons. The van der Waals surface area contributed by atoms with Crippen LogP contribution < -0.4 is 5.32 Å². The van der Waals surface area contributed by atoms with Gasteiger partial charge in [0.25, 0.3) is 5.69 Å². The van der Waals surface area contributed by atoms with Crippen molar-refractivity contribution < 1.29 is 9.72 Å². The highest BCUT2D eigenvalue weighted by molar-refractivity contribution is 7.22. The van der Waals surface area contributed by atoms with E-state index in [4.69, 9.17) is 11.6 Å². The Bertz CT molecular complexity index is 626. The molecule has 1 aromatic carbocycles. The fraction of sp³-hybridized carbons (Fsp3) is 0.200. The van der Waals surface area contributed by atoms with Gasteiger partial charge in [-0.2, -0.15) is 0 Å². The summed E-state index contributed by atoms with van der Waals surface area (Å²) in [4.78, 5) is 25.7. The van der Waals surface area contributed by atoms with E-state index in [0.717, 1.165) is 0 Å². The maximum atomic E-state index is 11.4. The number of carbonyl (C=O) groups excluding carboxylic acids is 1. The van der Waals surface area contributed by atoms with Gasteiger partial charge in [0.1, 0.15) is 5.38 Å². The van der Waals surface area contributed by atoms with Crippen LogP contribution in [0.4, 0.5) is 10.8 Å². The van der Waals surface area contributed by atoms with Gasteiger partial charge >= 0.3 is 0 Å². The number of thiazole rings is 1. The predicted octanol–water partition coefficient (Wildman–Crippen LogP) is 2.77. The molecule has 18 heavy (non-hydrogen) atoms. The van der Waals surface area contributed by atoms with E-state index in [2.05, 4.69) is 10.3 Å². The first-order chi connectivity index (χ1) is 8.47. The monoisotopic (exact) mass is 285 g/mol. The minimum absolute atomic E-state index is 0.00487. The van der Waals surface area contributed by atoms with Crippen molar-refractivity contribution in [1.29, 1.82) is 0 Å². The van der Waals surface area contributed by atoms with Crippen molar-refractivity contribution in [2.24, 2.45) is 0 Å². The molecule has 0 saturated heterocycles. The lowest BCUT2D eigenvalue weighted by atomic mass is 10.3. The molecule has 94 valence electrons. The molecule has 0 aliphatic carbocycles. The second-order valence-corrected chi connectivity index (χ2v) is 5.22. The summed E-state index contributed by atoms with van der Waals surface area (Å²) in [7, 11) is 0. The summed E-state index contributed by atoms with van der Waals surface area (Å²) in [6.45, 7) is 1.55. The Morgan fingerprint density at radius 2 is 2.33 bits per heavy atom. The lowest BCUT2D eigenvalue weighted by Crippen LogP contribution is -2.19. The van der Waals surface area contributed by atoms with Crippen molar-refractivity contribution in [1.82, 2.24) is 4.98 Å². The van der Waals surface area contributed by atoms with E-state index in [1.165, 1.54) is 23.5 Å². The van der Waals surface area contributed by atoms with Gasteiger partial charge in [-0.3, -0.25) is 14.9 Å². The van der Waals surface area contributed by atoms with Crippen LogP contribution in [0.5, 0.6) is 0 Å². The van der Waals surface area contributed by atoms with Crippen LogP contribution in [0.1, 0.15) is 6.92 Å². The van der Waals surface area contributed by atoms with Crippen molar-refractivity contribution in [3.63, 3.8) is 0 Å². The van der Waals surface area contributed by atoms with Crippen LogP contribution in [-0.4, -0.2) is 21.2 Å². The van der Waals surface area contributed by atoms with E-state index in [1.54, 1.807) is 13.0 Å². The number of alkyl halides is 1. The van der Waals surface area contributed by atoms with Gasteiger partial charge in [0.2, 0.25) is 5.91 Å². The average Bonchev–Trinajstić information content (AvgIpc) is 2.69. The molecule has 0 unspecified atom stereocenters. The number of halogens is 1. The quantitative estimate of drug-likeness (QED) is 0.534. The van der Waals surface area contributed by atoms with E-state index in [1.807, 2.05) is 0 Å². The molecule has 1 heterocycles. The van der Waals surface area contributed by atoms with Gasteiger partial charge in [0, 0.05) is 12.1 Å². The standard InChI is InChI=1S/C10H8ClN3O3S/c1-5(11)9(15)13-10-12-7-3-2-6(14(16)17)4-8(7)18-10/h2-5H,1H3,(H,12,13,15)/t5-/m0/s1. The van der Waals surface area contributed by atoms with Gasteiger partial charge < -0.3 is 5.32 Å². The van der Waals surface area contributed by atoms with Gasteiger partial charge in [-0.25, -0.2) is 4.98 Å². The molecule has 0 saturated carbocycles. The molecule has 1 atom stereocenters.